The summed E-state index contributed by atoms with van der Waals surface area (Å²) in [6.07, 6.45) is 0. The molecule has 0 aliphatic rings. The van der Waals surface area contributed by atoms with Crippen LogP contribution in [0.4, 0.5) is 10.1 Å². The molecule has 2 aromatic rings. The second-order valence-corrected chi connectivity index (χ2v) is 4.59. The summed E-state index contributed by atoms with van der Waals surface area (Å²) in [7, 11) is 0. The van der Waals surface area contributed by atoms with Crippen molar-refractivity contribution in [1.82, 2.24) is 0 Å². The van der Waals surface area contributed by atoms with Gasteiger partial charge in [-0.25, -0.2) is 4.39 Å². The van der Waals surface area contributed by atoms with E-state index in [1.165, 1.54) is 12.1 Å². The average Bonchev–Trinajstić information content (AvgIpc) is 2.42. The van der Waals surface area contributed by atoms with E-state index in [2.05, 4.69) is 5.32 Å². The van der Waals surface area contributed by atoms with Crippen molar-refractivity contribution in [2.24, 2.45) is 0 Å². The minimum Gasteiger partial charge on any atom is -0.483 e. The molecule has 0 aliphatic heterocycles. The molecule has 20 heavy (non-hydrogen) atoms. The molecule has 0 aliphatic carbocycles. The topological polar surface area (TPSA) is 38.3 Å². The SMILES string of the molecule is Cc1ccc(C)c(OCC(=O)Nc2ccccc2F)c1. The van der Waals surface area contributed by atoms with Crippen molar-refractivity contribution in [2.45, 2.75) is 13.8 Å². The molecular weight excluding hydrogens is 257 g/mol. The van der Waals surface area contributed by atoms with Crippen molar-refractivity contribution < 1.29 is 13.9 Å². The van der Waals surface area contributed by atoms with Crippen LogP contribution in [0.2, 0.25) is 0 Å². The first-order valence-electron chi connectivity index (χ1n) is 6.30. The third-order valence-electron chi connectivity index (χ3n) is 2.85. The number of hydrogen-bond donors (Lipinski definition) is 1. The predicted molar refractivity (Wildman–Crippen MR) is 76.4 cm³/mol. The zero-order valence-corrected chi connectivity index (χ0v) is 11.4. The maximum absolute atomic E-state index is 13.4. The van der Waals surface area contributed by atoms with Crippen LogP contribution in [0.25, 0.3) is 0 Å². The Labute approximate surface area is 117 Å². The minimum atomic E-state index is -0.465. The van der Waals surface area contributed by atoms with Gasteiger partial charge in [-0.05, 0) is 43.2 Å². The highest BCUT2D eigenvalue weighted by molar-refractivity contribution is 5.91. The molecular formula is C16H16FNO2. The van der Waals surface area contributed by atoms with Crippen LogP contribution >= 0.6 is 0 Å². The molecule has 0 radical (unpaired) electrons. The Balaban J connectivity index is 1.96. The molecule has 2 aromatic carbocycles. The monoisotopic (exact) mass is 273 g/mol. The lowest BCUT2D eigenvalue weighted by Crippen LogP contribution is -2.21. The highest BCUT2D eigenvalue weighted by Crippen LogP contribution is 2.19. The number of ether oxygens (including phenoxy) is 1. The number of hydrogen-bond acceptors (Lipinski definition) is 2. The van der Waals surface area contributed by atoms with Gasteiger partial charge in [-0.15, -0.1) is 0 Å². The summed E-state index contributed by atoms with van der Waals surface area (Å²) in [5.74, 6) is -0.197. The van der Waals surface area contributed by atoms with Crippen LogP contribution in [0.5, 0.6) is 5.75 Å². The summed E-state index contributed by atoms with van der Waals surface area (Å²) in [4.78, 5) is 11.7. The van der Waals surface area contributed by atoms with E-state index < -0.39 is 11.7 Å². The third-order valence-corrected chi connectivity index (χ3v) is 2.85. The van der Waals surface area contributed by atoms with Crippen molar-refractivity contribution >= 4 is 11.6 Å². The van der Waals surface area contributed by atoms with Gasteiger partial charge in [-0.1, -0.05) is 24.3 Å². The van der Waals surface area contributed by atoms with Gasteiger partial charge >= 0.3 is 0 Å². The summed E-state index contributed by atoms with van der Waals surface area (Å²) < 4.78 is 18.8. The van der Waals surface area contributed by atoms with Gasteiger partial charge in [0.1, 0.15) is 11.6 Å². The largest absolute Gasteiger partial charge is 0.483 e. The Morgan fingerprint density at radius 3 is 2.70 bits per heavy atom. The maximum atomic E-state index is 13.4. The van der Waals surface area contributed by atoms with E-state index in [1.54, 1.807) is 12.1 Å². The molecule has 0 saturated carbocycles. The Morgan fingerprint density at radius 1 is 1.20 bits per heavy atom. The lowest BCUT2D eigenvalue weighted by Gasteiger charge is -2.10. The molecule has 0 heterocycles. The number of para-hydroxylation sites is 1. The van der Waals surface area contributed by atoms with Crippen LogP contribution in [-0.4, -0.2) is 12.5 Å². The van der Waals surface area contributed by atoms with E-state index in [1.807, 2.05) is 32.0 Å². The molecule has 0 spiro atoms. The number of aryl methyl sites for hydroxylation is 2. The zero-order chi connectivity index (χ0) is 14.5. The van der Waals surface area contributed by atoms with Crippen LogP contribution in [0.3, 0.4) is 0 Å². The van der Waals surface area contributed by atoms with Gasteiger partial charge in [-0.2, -0.15) is 0 Å². The zero-order valence-electron chi connectivity index (χ0n) is 11.4. The number of rotatable bonds is 4. The lowest BCUT2D eigenvalue weighted by atomic mass is 10.1. The molecule has 0 aromatic heterocycles. The lowest BCUT2D eigenvalue weighted by molar-refractivity contribution is -0.118. The summed E-state index contributed by atoms with van der Waals surface area (Å²) in [6, 6.07) is 11.8. The Kier molecular flexibility index (Phi) is 4.35. The van der Waals surface area contributed by atoms with Crippen molar-refractivity contribution in [2.75, 3.05) is 11.9 Å². The fourth-order valence-electron chi connectivity index (χ4n) is 1.75. The minimum absolute atomic E-state index is 0.154. The van der Waals surface area contributed by atoms with E-state index in [0.29, 0.717) is 5.75 Å². The van der Waals surface area contributed by atoms with E-state index in [0.717, 1.165) is 11.1 Å². The van der Waals surface area contributed by atoms with Gasteiger partial charge in [0.05, 0.1) is 5.69 Å². The summed E-state index contributed by atoms with van der Waals surface area (Å²) >= 11 is 0. The molecule has 0 bridgehead atoms. The first-order valence-corrected chi connectivity index (χ1v) is 6.30. The smallest absolute Gasteiger partial charge is 0.262 e. The average molecular weight is 273 g/mol. The first kappa shape index (κ1) is 14.1. The number of anilines is 1. The quantitative estimate of drug-likeness (QED) is 0.926. The van der Waals surface area contributed by atoms with Gasteiger partial charge in [0.2, 0.25) is 0 Å². The van der Waals surface area contributed by atoms with Crippen LogP contribution in [-0.2, 0) is 4.79 Å². The standard InChI is InChI=1S/C16H16FNO2/c1-11-7-8-12(2)15(9-11)20-10-16(19)18-14-6-4-3-5-13(14)17/h3-9H,10H2,1-2H3,(H,18,19). The second kappa shape index (κ2) is 6.19. The number of halogens is 1. The number of carbonyl (C=O) groups excluding carboxylic acids is 1. The number of amides is 1. The Bertz CT molecular complexity index is 626. The van der Waals surface area contributed by atoms with Crippen molar-refractivity contribution in [3.8, 4) is 5.75 Å². The van der Waals surface area contributed by atoms with Gasteiger partial charge < -0.3 is 10.1 Å². The van der Waals surface area contributed by atoms with Crippen LogP contribution in [0.15, 0.2) is 42.5 Å². The molecule has 1 amide bonds. The molecule has 0 unspecified atom stereocenters. The van der Waals surface area contributed by atoms with Crippen molar-refractivity contribution in [3.63, 3.8) is 0 Å². The number of benzene rings is 2. The number of nitrogens with one attached hydrogen (secondary N) is 1. The van der Waals surface area contributed by atoms with Crippen LogP contribution in [0, 0.1) is 19.7 Å². The Hall–Kier alpha value is -2.36. The molecule has 2 rings (SSSR count). The highest BCUT2D eigenvalue weighted by Gasteiger charge is 2.08. The predicted octanol–water partition coefficient (Wildman–Crippen LogP) is 3.46. The van der Waals surface area contributed by atoms with Crippen molar-refractivity contribution in [3.05, 3.63) is 59.4 Å². The third kappa shape index (κ3) is 3.57. The molecule has 3 nitrogen and oxygen atoms in total. The van der Waals surface area contributed by atoms with E-state index in [4.69, 9.17) is 4.74 Å². The van der Waals surface area contributed by atoms with Gasteiger partial charge in [-0.3, -0.25) is 4.79 Å². The summed E-state index contributed by atoms with van der Waals surface area (Å²) in [5, 5.41) is 2.48. The molecule has 4 heteroatoms. The van der Waals surface area contributed by atoms with Gasteiger partial charge in [0.15, 0.2) is 6.61 Å². The molecule has 0 saturated heterocycles. The fraction of sp³-hybridized carbons (Fsp3) is 0.188. The normalized spacial score (nSPS) is 10.2. The van der Waals surface area contributed by atoms with Crippen LogP contribution in [0.1, 0.15) is 11.1 Å². The van der Waals surface area contributed by atoms with E-state index in [9.17, 15) is 9.18 Å². The fourth-order valence-corrected chi connectivity index (χ4v) is 1.75. The molecule has 104 valence electrons. The summed E-state index contributed by atoms with van der Waals surface area (Å²) in [5.41, 5.74) is 2.16. The van der Waals surface area contributed by atoms with E-state index >= 15 is 0 Å². The molecule has 1 N–H and O–H groups in total. The van der Waals surface area contributed by atoms with E-state index in [-0.39, 0.29) is 12.3 Å². The first-order chi connectivity index (χ1) is 9.56. The van der Waals surface area contributed by atoms with Gasteiger partial charge in [0.25, 0.3) is 5.91 Å². The van der Waals surface area contributed by atoms with Crippen LogP contribution < -0.4 is 10.1 Å². The number of carbonyl (C=O) groups is 1. The Morgan fingerprint density at radius 2 is 1.95 bits per heavy atom. The molecule has 0 atom stereocenters. The van der Waals surface area contributed by atoms with Gasteiger partial charge in [0, 0.05) is 0 Å². The summed E-state index contributed by atoms with van der Waals surface area (Å²) in [6.45, 7) is 3.70. The highest BCUT2D eigenvalue weighted by atomic mass is 19.1. The second-order valence-electron chi connectivity index (χ2n) is 4.59. The molecule has 0 fully saturated rings. The maximum Gasteiger partial charge on any atom is 0.262 e. The van der Waals surface area contributed by atoms with Crippen molar-refractivity contribution in [1.29, 1.82) is 0 Å².